The Hall–Kier alpha value is -3.07. The number of amides is 1. The molecule has 1 aliphatic heterocycles. The Morgan fingerprint density at radius 2 is 1.97 bits per heavy atom. The Kier molecular flexibility index (Phi) is 5.89. The average Bonchev–Trinajstić information content (AvgIpc) is 2.90. The van der Waals surface area contributed by atoms with Crippen LogP contribution in [0.4, 0.5) is 11.5 Å². The van der Waals surface area contributed by atoms with Crippen molar-refractivity contribution in [3.63, 3.8) is 0 Å². The van der Waals surface area contributed by atoms with Gasteiger partial charge in [0.15, 0.2) is 0 Å². The van der Waals surface area contributed by atoms with E-state index in [-0.39, 0.29) is 12.3 Å². The first kappa shape index (κ1) is 20.2. The number of halogens is 1. The SMILES string of the molecule is COc1ccc(NC(=O)Cn2nc3nc(N4CCCCCC4)ccn3c2=O)cc1Cl. The molecule has 1 fully saturated rings. The molecule has 158 valence electrons. The summed E-state index contributed by atoms with van der Waals surface area (Å²) in [6, 6.07) is 6.73. The van der Waals surface area contributed by atoms with E-state index in [0.717, 1.165) is 36.4 Å². The quantitative estimate of drug-likeness (QED) is 0.668. The summed E-state index contributed by atoms with van der Waals surface area (Å²) in [7, 11) is 1.52. The largest absolute Gasteiger partial charge is 0.495 e. The lowest BCUT2D eigenvalue weighted by Crippen LogP contribution is -2.28. The zero-order valence-corrected chi connectivity index (χ0v) is 17.4. The Labute approximate surface area is 178 Å². The molecule has 2 aromatic heterocycles. The fourth-order valence-electron chi connectivity index (χ4n) is 3.56. The third-order valence-electron chi connectivity index (χ3n) is 5.10. The lowest BCUT2D eigenvalue weighted by Gasteiger charge is -2.20. The van der Waals surface area contributed by atoms with Crippen molar-refractivity contribution in [2.75, 3.05) is 30.4 Å². The molecule has 30 heavy (non-hydrogen) atoms. The highest BCUT2D eigenvalue weighted by atomic mass is 35.5. The van der Waals surface area contributed by atoms with Crippen molar-refractivity contribution in [2.24, 2.45) is 0 Å². The van der Waals surface area contributed by atoms with E-state index in [1.54, 1.807) is 24.4 Å². The molecule has 0 aliphatic carbocycles. The van der Waals surface area contributed by atoms with Gasteiger partial charge >= 0.3 is 5.69 Å². The number of hydrogen-bond donors (Lipinski definition) is 1. The first-order valence-corrected chi connectivity index (χ1v) is 10.3. The van der Waals surface area contributed by atoms with Gasteiger partial charge in [0.1, 0.15) is 18.1 Å². The third kappa shape index (κ3) is 4.25. The second-order valence-corrected chi connectivity index (χ2v) is 7.60. The number of rotatable bonds is 5. The number of aromatic nitrogens is 4. The van der Waals surface area contributed by atoms with Crippen LogP contribution in [0.5, 0.6) is 5.75 Å². The Morgan fingerprint density at radius 1 is 1.20 bits per heavy atom. The van der Waals surface area contributed by atoms with Crippen LogP contribution in [0.15, 0.2) is 35.3 Å². The second kappa shape index (κ2) is 8.74. The van der Waals surface area contributed by atoms with Gasteiger partial charge in [0, 0.05) is 25.0 Å². The van der Waals surface area contributed by atoms with Gasteiger partial charge in [-0.1, -0.05) is 24.4 Å². The average molecular weight is 431 g/mol. The molecule has 3 aromatic rings. The van der Waals surface area contributed by atoms with E-state index in [9.17, 15) is 9.59 Å². The summed E-state index contributed by atoms with van der Waals surface area (Å²) < 4.78 is 7.55. The van der Waals surface area contributed by atoms with E-state index in [2.05, 4.69) is 20.3 Å². The number of anilines is 2. The Balaban J connectivity index is 1.51. The van der Waals surface area contributed by atoms with Gasteiger partial charge < -0.3 is 15.0 Å². The summed E-state index contributed by atoms with van der Waals surface area (Å²) in [4.78, 5) is 31.8. The van der Waals surface area contributed by atoms with Crippen LogP contribution in [-0.2, 0) is 11.3 Å². The van der Waals surface area contributed by atoms with Gasteiger partial charge in [0.2, 0.25) is 5.91 Å². The number of nitrogens with one attached hydrogen (secondary N) is 1. The zero-order valence-electron chi connectivity index (χ0n) is 16.7. The van der Waals surface area contributed by atoms with Gasteiger partial charge in [-0.2, -0.15) is 4.98 Å². The van der Waals surface area contributed by atoms with Gasteiger partial charge in [-0.3, -0.25) is 4.79 Å². The van der Waals surface area contributed by atoms with E-state index in [4.69, 9.17) is 16.3 Å². The summed E-state index contributed by atoms with van der Waals surface area (Å²) in [5.74, 6) is 1.20. The first-order chi connectivity index (χ1) is 14.5. The van der Waals surface area contributed by atoms with Crippen LogP contribution in [0.2, 0.25) is 5.02 Å². The predicted molar refractivity (Wildman–Crippen MR) is 115 cm³/mol. The molecular weight excluding hydrogens is 408 g/mol. The van der Waals surface area contributed by atoms with Gasteiger partial charge in [-0.15, -0.1) is 5.10 Å². The topological polar surface area (TPSA) is 93.8 Å². The van der Waals surface area contributed by atoms with Crippen molar-refractivity contribution in [2.45, 2.75) is 32.2 Å². The summed E-state index contributed by atoms with van der Waals surface area (Å²) in [5.41, 5.74) is 0.0898. The molecule has 1 saturated heterocycles. The first-order valence-electron chi connectivity index (χ1n) is 9.90. The summed E-state index contributed by atoms with van der Waals surface area (Å²) >= 11 is 6.08. The molecule has 3 heterocycles. The van der Waals surface area contributed by atoms with Crippen molar-refractivity contribution in [3.05, 3.63) is 46.0 Å². The van der Waals surface area contributed by atoms with Gasteiger partial charge in [-0.05, 0) is 37.1 Å². The molecule has 10 heteroatoms. The molecule has 1 aliphatic rings. The minimum Gasteiger partial charge on any atom is -0.495 e. The fourth-order valence-corrected chi connectivity index (χ4v) is 3.81. The van der Waals surface area contributed by atoms with Crippen LogP contribution in [0.25, 0.3) is 5.78 Å². The van der Waals surface area contributed by atoms with Crippen LogP contribution < -0.4 is 20.6 Å². The maximum absolute atomic E-state index is 12.6. The normalized spacial score (nSPS) is 14.5. The number of carbonyl (C=O) groups excluding carboxylic acids is 1. The highest BCUT2D eigenvalue weighted by molar-refractivity contribution is 6.32. The molecular formula is C20H23ClN6O3. The van der Waals surface area contributed by atoms with Crippen molar-refractivity contribution < 1.29 is 9.53 Å². The zero-order chi connectivity index (χ0) is 21.1. The number of ether oxygens (including phenoxy) is 1. The maximum atomic E-state index is 12.6. The molecule has 4 rings (SSSR count). The number of nitrogens with zero attached hydrogens (tertiary/aromatic N) is 5. The molecule has 0 unspecified atom stereocenters. The Morgan fingerprint density at radius 3 is 2.67 bits per heavy atom. The number of benzene rings is 1. The lowest BCUT2D eigenvalue weighted by atomic mass is 10.2. The minimum atomic E-state index is -0.414. The summed E-state index contributed by atoms with van der Waals surface area (Å²) in [6.07, 6.45) is 6.37. The van der Waals surface area contributed by atoms with Crippen molar-refractivity contribution >= 4 is 34.8 Å². The van der Waals surface area contributed by atoms with E-state index in [1.165, 1.54) is 24.4 Å². The van der Waals surface area contributed by atoms with E-state index >= 15 is 0 Å². The molecule has 1 aromatic carbocycles. The minimum absolute atomic E-state index is 0.231. The third-order valence-corrected chi connectivity index (χ3v) is 5.39. The highest BCUT2D eigenvalue weighted by Gasteiger charge is 2.16. The van der Waals surface area contributed by atoms with Crippen molar-refractivity contribution in [1.82, 2.24) is 19.2 Å². The Bertz CT molecular complexity index is 1120. The molecule has 0 radical (unpaired) electrons. The molecule has 1 N–H and O–H groups in total. The summed E-state index contributed by atoms with van der Waals surface area (Å²) in [5, 5.41) is 7.33. The maximum Gasteiger partial charge on any atom is 0.352 e. The highest BCUT2D eigenvalue weighted by Crippen LogP contribution is 2.27. The monoisotopic (exact) mass is 430 g/mol. The number of methoxy groups -OCH3 is 1. The second-order valence-electron chi connectivity index (χ2n) is 7.19. The molecule has 0 atom stereocenters. The van der Waals surface area contributed by atoms with Crippen LogP contribution >= 0.6 is 11.6 Å². The molecule has 9 nitrogen and oxygen atoms in total. The van der Waals surface area contributed by atoms with Gasteiger partial charge in [-0.25, -0.2) is 13.9 Å². The van der Waals surface area contributed by atoms with Crippen molar-refractivity contribution in [1.29, 1.82) is 0 Å². The van der Waals surface area contributed by atoms with Crippen LogP contribution in [0, 0.1) is 0 Å². The van der Waals surface area contributed by atoms with E-state index in [0.29, 0.717) is 16.5 Å². The van der Waals surface area contributed by atoms with Crippen LogP contribution in [-0.4, -0.2) is 45.3 Å². The molecule has 1 amide bonds. The molecule has 0 spiro atoms. The van der Waals surface area contributed by atoms with Crippen LogP contribution in [0.3, 0.4) is 0 Å². The smallest absolute Gasteiger partial charge is 0.352 e. The van der Waals surface area contributed by atoms with Crippen LogP contribution in [0.1, 0.15) is 25.7 Å². The van der Waals surface area contributed by atoms with Gasteiger partial charge in [0.25, 0.3) is 5.78 Å². The number of carbonyl (C=O) groups is 1. The van der Waals surface area contributed by atoms with Crippen molar-refractivity contribution in [3.8, 4) is 5.75 Å². The summed E-state index contributed by atoms with van der Waals surface area (Å²) in [6.45, 7) is 1.66. The van der Waals surface area contributed by atoms with E-state index in [1.807, 2.05) is 6.07 Å². The predicted octanol–water partition coefficient (Wildman–Crippen LogP) is 2.57. The number of hydrogen-bond acceptors (Lipinski definition) is 6. The molecule has 0 bridgehead atoms. The number of fused-ring (bicyclic) bond motifs is 1. The van der Waals surface area contributed by atoms with Gasteiger partial charge in [0.05, 0.1) is 12.1 Å². The molecule has 0 saturated carbocycles. The standard InChI is InChI=1S/C20H23ClN6O3/c1-30-16-7-6-14(12-15(16)21)22-18(28)13-27-20(29)26-11-8-17(23-19(26)24-27)25-9-4-2-3-5-10-25/h6-8,11-12H,2-5,9-10,13H2,1H3,(H,22,28). The lowest BCUT2D eigenvalue weighted by molar-refractivity contribution is -0.117. The van der Waals surface area contributed by atoms with E-state index < -0.39 is 11.6 Å². The fraction of sp³-hybridized carbons (Fsp3) is 0.400.